The average molecular weight is 396 g/mol. The van der Waals surface area contributed by atoms with E-state index in [1.807, 2.05) is 54.1 Å². The van der Waals surface area contributed by atoms with Crippen molar-refractivity contribution in [2.24, 2.45) is 0 Å². The molecule has 4 rings (SSSR count). The molecule has 2 aromatic carbocycles. The first-order valence-corrected chi connectivity index (χ1v) is 9.21. The molecule has 0 aliphatic rings. The molecular weight excluding hydrogens is 378 g/mol. The summed E-state index contributed by atoms with van der Waals surface area (Å²) >= 11 is 6.32. The quantitative estimate of drug-likeness (QED) is 0.480. The van der Waals surface area contributed by atoms with Crippen LogP contribution in [0.4, 0.5) is 0 Å². The van der Waals surface area contributed by atoms with Crippen molar-refractivity contribution in [3.8, 4) is 11.3 Å². The molecule has 2 aromatic heterocycles. The smallest absolute Gasteiger partial charge is 0.358 e. The monoisotopic (exact) mass is 395 g/mol. The van der Waals surface area contributed by atoms with Crippen LogP contribution >= 0.6 is 11.6 Å². The molecule has 0 bridgehead atoms. The second-order valence-corrected chi connectivity index (χ2v) is 6.67. The summed E-state index contributed by atoms with van der Waals surface area (Å²) in [5.41, 5.74) is 4.57. The fraction of sp³-hybridized carbons (Fsp3) is 0.200. The number of esters is 1. The predicted octanol–water partition coefficient (Wildman–Crippen LogP) is 3.80. The summed E-state index contributed by atoms with van der Waals surface area (Å²) in [4.78, 5) is 12.1. The van der Waals surface area contributed by atoms with Gasteiger partial charge in [-0.15, -0.1) is 5.10 Å². The van der Waals surface area contributed by atoms with Gasteiger partial charge in [0.05, 0.1) is 24.9 Å². The van der Waals surface area contributed by atoms with Gasteiger partial charge in [0.2, 0.25) is 0 Å². The lowest BCUT2D eigenvalue weighted by Gasteiger charge is -2.09. The van der Waals surface area contributed by atoms with Crippen LogP contribution in [0.1, 0.15) is 23.0 Å². The molecule has 0 amide bonds. The molecule has 0 spiro atoms. The number of benzene rings is 2. The minimum Gasteiger partial charge on any atom is -0.464 e. The number of fused-ring (bicyclic) bond motifs is 1. The number of ether oxygens (including phenoxy) is 1. The Bertz CT molecular complexity index is 1160. The van der Waals surface area contributed by atoms with Crippen LogP contribution in [-0.4, -0.2) is 37.9 Å². The fourth-order valence-electron chi connectivity index (χ4n) is 3.12. The summed E-state index contributed by atoms with van der Waals surface area (Å²) < 4.78 is 8.43. The summed E-state index contributed by atoms with van der Waals surface area (Å²) in [6.45, 7) is 3.15. The number of hydrogen-bond acceptors (Lipinski definition) is 5. The summed E-state index contributed by atoms with van der Waals surface area (Å²) in [6.07, 6.45) is 0. The van der Waals surface area contributed by atoms with E-state index >= 15 is 0 Å². The largest absolute Gasteiger partial charge is 0.464 e. The molecule has 28 heavy (non-hydrogen) atoms. The molecule has 2 heterocycles. The van der Waals surface area contributed by atoms with Gasteiger partial charge >= 0.3 is 5.97 Å². The minimum atomic E-state index is -0.486. The summed E-state index contributed by atoms with van der Waals surface area (Å²) in [5.74, 6) is -0.486. The minimum absolute atomic E-state index is 0.242. The zero-order chi connectivity index (χ0) is 19.7. The third-order valence-corrected chi connectivity index (χ3v) is 4.93. The van der Waals surface area contributed by atoms with Crippen molar-refractivity contribution in [1.29, 1.82) is 0 Å². The first-order chi connectivity index (χ1) is 13.6. The Kier molecular flexibility index (Phi) is 4.83. The second kappa shape index (κ2) is 7.44. The molecule has 0 unspecified atom stereocenters. The van der Waals surface area contributed by atoms with Crippen LogP contribution in [0.15, 0.2) is 48.5 Å². The fourth-order valence-corrected chi connectivity index (χ4v) is 3.32. The number of halogens is 1. The number of hydrogen-bond donors (Lipinski definition) is 0. The van der Waals surface area contributed by atoms with Crippen molar-refractivity contribution in [3.63, 3.8) is 0 Å². The first kappa shape index (κ1) is 18.2. The van der Waals surface area contributed by atoms with Crippen LogP contribution < -0.4 is 0 Å². The van der Waals surface area contributed by atoms with Gasteiger partial charge in [0.1, 0.15) is 5.52 Å². The van der Waals surface area contributed by atoms with Crippen LogP contribution in [0, 0.1) is 0 Å². The van der Waals surface area contributed by atoms with E-state index in [0.717, 1.165) is 27.9 Å². The maximum Gasteiger partial charge on any atom is 0.358 e. The van der Waals surface area contributed by atoms with Crippen molar-refractivity contribution < 1.29 is 9.53 Å². The van der Waals surface area contributed by atoms with Crippen LogP contribution in [0.2, 0.25) is 5.02 Å². The zero-order valence-corrected chi connectivity index (χ0v) is 16.2. The van der Waals surface area contributed by atoms with Gasteiger partial charge in [0, 0.05) is 17.1 Å². The highest BCUT2D eigenvalue weighted by Crippen LogP contribution is 2.26. The lowest BCUT2D eigenvalue weighted by molar-refractivity contribution is 0.0593. The highest BCUT2D eigenvalue weighted by Gasteiger charge is 2.18. The molecule has 0 aliphatic carbocycles. The second-order valence-electron chi connectivity index (χ2n) is 6.26. The van der Waals surface area contributed by atoms with Gasteiger partial charge in [-0.2, -0.15) is 5.10 Å². The molecule has 142 valence electrons. The highest BCUT2D eigenvalue weighted by molar-refractivity contribution is 6.31. The predicted molar refractivity (Wildman–Crippen MR) is 106 cm³/mol. The Labute approximate surface area is 166 Å². The Morgan fingerprint density at radius 3 is 2.71 bits per heavy atom. The van der Waals surface area contributed by atoms with Crippen LogP contribution in [0.3, 0.4) is 0 Å². The maximum atomic E-state index is 12.1. The molecule has 8 heteroatoms. The number of rotatable bonds is 5. The Morgan fingerprint density at radius 2 is 1.96 bits per heavy atom. The molecule has 0 fully saturated rings. The number of carbonyl (C=O) groups excluding carboxylic acids is 1. The Morgan fingerprint density at radius 1 is 1.14 bits per heavy atom. The van der Waals surface area contributed by atoms with E-state index in [-0.39, 0.29) is 5.69 Å². The number of nitrogens with zero attached hydrogens (tertiary/aromatic N) is 5. The maximum absolute atomic E-state index is 12.1. The van der Waals surface area contributed by atoms with Gasteiger partial charge in [-0.05, 0) is 36.8 Å². The topological polar surface area (TPSA) is 74.8 Å². The zero-order valence-electron chi connectivity index (χ0n) is 15.5. The van der Waals surface area contributed by atoms with E-state index in [1.165, 1.54) is 7.11 Å². The van der Waals surface area contributed by atoms with E-state index in [2.05, 4.69) is 15.4 Å². The molecule has 7 nitrogen and oxygen atoms in total. The van der Waals surface area contributed by atoms with E-state index in [0.29, 0.717) is 18.1 Å². The van der Waals surface area contributed by atoms with Crippen molar-refractivity contribution in [1.82, 2.24) is 24.8 Å². The molecule has 4 aromatic rings. The number of methoxy groups -OCH3 is 1. The summed E-state index contributed by atoms with van der Waals surface area (Å²) in [6, 6.07) is 15.1. The van der Waals surface area contributed by atoms with Gasteiger partial charge in [0.15, 0.2) is 5.69 Å². The van der Waals surface area contributed by atoms with Crippen molar-refractivity contribution in [2.45, 2.75) is 20.0 Å². The lowest BCUT2D eigenvalue weighted by Crippen LogP contribution is -2.07. The molecule has 0 atom stereocenters. The SMILES string of the molecule is CCn1nnc2ccc(-c3cc(C(=O)OC)nn3Cc3ccccc3Cl)cc21. The van der Waals surface area contributed by atoms with E-state index in [1.54, 1.807) is 10.7 Å². The number of aryl methyl sites for hydroxylation is 1. The van der Waals surface area contributed by atoms with Gasteiger partial charge in [-0.3, -0.25) is 4.68 Å². The lowest BCUT2D eigenvalue weighted by atomic mass is 10.1. The van der Waals surface area contributed by atoms with E-state index in [9.17, 15) is 4.79 Å². The van der Waals surface area contributed by atoms with Crippen LogP contribution in [0.25, 0.3) is 22.3 Å². The molecule has 0 N–H and O–H groups in total. The van der Waals surface area contributed by atoms with Crippen LogP contribution in [-0.2, 0) is 17.8 Å². The van der Waals surface area contributed by atoms with Gasteiger partial charge in [-0.1, -0.05) is 41.1 Å². The molecule has 0 saturated heterocycles. The molecule has 0 aliphatic heterocycles. The van der Waals surface area contributed by atoms with Gasteiger partial charge < -0.3 is 4.74 Å². The number of aromatic nitrogens is 5. The summed E-state index contributed by atoms with van der Waals surface area (Å²) in [7, 11) is 1.34. The first-order valence-electron chi connectivity index (χ1n) is 8.84. The highest BCUT2D eigenvalue weighted by atomic mass is 35.5. The molecular formula is C20H18ClN5O2. The third-order valence-electron chi connectivity index (χ3n) is 4.56. The van der Waals surface area contributed by atoms with Crippen molar-refractivity contribution >= 4 is 28.6 Å². The van der Waals surface area contributed by atoms with E-state index in [4.69, 9.17) is 16.3 Å². The Hall–Kier alpha value is -3.19. The van der Waals surface area contributed by atoms with E-state index < -0.39 is 5.97 Å². The van der Waals surface area contributed by atoms with Gasteiger partial charge in [-0.25, -0.2) is 9.48 Å². The van der Waals surface area contributed by atoms with Gasteiger partial charge in [0.25, 0.3) is 0 Å². The summed E-state index contributed by atoms with van der Waals surface area (Å²) in [5, 5.41) is 13.4. The third kappa shape index (κ3) is 3.25. The standard InChI is InChI=1S/C20H18ClN5O2/c1-3-25-19-10-13(8-9-16(19)22-24-25)18-11-17(20(27)28-2)23-26(18)12-14-6-4-5-7-15(14)21/h4-11H,3,12H2,1-2H3. The average Bonchev–Trinajstić information content (AvgIpc) is 3.32. The molecule has 0 saturated carbocycles. The van der Waals surface area contributed by atoms with Crippen molar-refractivity contribution in [2.75, 3.05) is 7.11 Å². The van der Waals surface area contributed by atoms with Crippen LogP contribution in [0.5, 0.6) is 0 Å². The number of carbonyl (C=O) groups is 1. The molecule has 0 radical (unpaired) electrons. The Balaban J connectivity index is 1.84. The normalized spacial score (nSPS) is 11.1. The van der Waals surface area contributed by atoms with Crippen molar-refractivity contribution in [3.05, 3.63) is 64.8 Å².